The Morgan fingerprint density at radius 3 is 2.87 bits per heavy atom. The molecule has 0 spiro atoms. The Labute approximate surface area is 87.9 Å². The van der Waals surface area contributed by atoms with Gasteiger partial charge in [0, 0.05) is 6.07 Å². The molecule has 0 aliphatic rings. The second-order valence-corrected chi connectivity index (χ2v) is 5.15. The van der Waals surface area contributed by atoms with Crippen LogP contribution in [0.3, 0.4) is 0 Å². The number of sulfonamides is 1. The predicted molar refractivity (Wildman–Crippen MR) is 52.1 cm³/mol. The minimum atomic E-state index is -3.59. The Balaban J connectivity index is 2.62. The first-order chi connectivity index (χ1) is 6.95. The fourth-order valence-electron chi connectivity index (χ4n) is 0.870. The molecule has 1 aromatic rings. The molecule has 82 valence electrons. The molecule has 1 rings (SSSR count). The SMILES string of the molecule is Cc1cc(CNS(=O)(=O)C(C)C#N)no1. The first kappa shape index (κ1) is 11.7. The zero-order chi connectivity index (χ0) is 11.5. The highest BCUT2D eigenvalue weighted by atomic mass is 32.2. The lowest BCUT2D eigenvalue weighted by molar-refractivity contribution is 0.390. The summed E-state index contributed by atoms with van der Waals surface area (Å²) in [5.74, 6) is 0.609. The zero-order valence-electron chi connectivity index (χ0n) is 8.39. The van der Waals surface area contributed by atoms with E-state index in [1.165, 1.54) is 6.92 Å². The molecule has 6 nitrogen and oxygen atoms in total. The van der Waals surface area contributed by atoms with Crippen LogP contribution in [0.1, 0.15) is 18.4 Å². The molecule has 1 unspecified atom stereocenters. The van der Waals surface area contributed by atoms with Crippen molar-refractivity contribution in [3.63, 3.8) is 0 Å². The monoisotopic (exact) mass is 229 g/mol. The lowest BCUT2D eigenvalue weighted by atomic mass is 10.4. The molecule has 0 bridgehead atoms. The van der Waals surface area contributed by atoms with Gasteiger partial charge in [-0.1, -0.05) is 5.16 Å². The second-order valence-electron chi connectivity index (χ2n) is 3.07. The Morgan fingerprint density at radius 2 is 2.40 bits per heavy atom. The van der Waals surface area contributed by atoms with Gasteiger partial charge in [0.05, 0.1) is 18.3 Å². The molecule has 0 aliphatic heterocycles. The normalized spacial score (nSPS) is 13.4. The van der Waals surface area contributed by atoms with Crippen molar-refractivity contribution >= 4 is 10.0 Å². The van der Waals surface area contributed by atoms with Gasteiger partial charge in [0.15, 0.2) is 5.25 Å². The van der Waals surface area contributed by atoms with Crippen molar-refractivity contribution in [3.8, 4) is 6.07 Å². The largest absolute Gasteiger partial charge is 0.361 e. The summed E-state index contributed by atoms with van der Waals surface area (Å²) in [5, 5.41) is 11.0. The topological polar surface area (TPSA) is 96.0 Å². The van der Waals surface area contributed by atoms with Gasteiger partial charge in [0.25, 0.3) is 0 Å². The number of nitrogens with zero attached hydrogens (tertiary/aromatic N) is 2. The summed E-state index contributed by atoms with van der Waals surface area (Å²) in [4.78, 5) is 0. The van der Waals surface area contributed by atoms with Gasteiger partial charge < -0.3 is 4.52 Å². The van der Waals surface area contributed by atoms with E-state index in [2.05, 4.69) is 9.88 Å². The van der Waals surface area contributed by atoms with Crippen molar-refractivity contribution in [1.29, 1.82) is 5.26 Å². The molecule has 1 N–H and O–H groups in total. The lowest BCUT2D eigenvalue weighted by Gasteiger charge is -2.05. The van der Waals surface area contributed by atoms with E-state index in [1.807, 2.05) is 0 Å². The minimum Gasteiger partial charge on any atom is -0.361 e. The standard InChI is InChI=1S/C8H11N3O3S/c1-6-3-8(11-14-6)5-10-15(12,13)7(2)4-9/h3,7,10H,5H2,1-2H3. The lowest BCUT2D eigenvalue weighted by Crippen LogP contribution is -2.31. The Bertz CT molecular complexity index is 472. The van der Waals surface area contributed by atoms with Crippen LogP contribution in [0, 0.1) is 18.3 Å². The highest BCUT2D eigenvalue weighted by Gasteiger charge is 2.19. The number of hydrogen-bond donors (Lipinski definition) is 1. The van der Waals surface area contributed by atoms with Gasteiger partial charge in [-0.25, -0.2) is 13.1 Å². The van der Waals surface area contributed by atoms with Crippen molar-refractivity contribution in [3.05, 3.63) is 17.5 Å². The predicted octanol–water partition coefficient (Wildman–Crippen LogP) is 0.315. The van der Waals surface area contributed by atoms with Crippen LogP contribution in [-0.2, 0) is 16.6 Å². The molecule has 0 aromatic carbocycles. The molecule has 0 saturated heterocycles. The summed E-state index contributed by atoms with van der Waals surface area (Å²) < 4.78 is 29.7. The van der Waals surface area contributed by atoms with Gasteiger partial charge in [-0.15, -0.1) is 0 Å². The van der Waals surface area contributed by atoms with Crippen LogP contribution in [0.15, 0.2) is 10.6 Å². The molecule has 0 radical (unpaired) electrons. The van der Waals surface area contributed by atoms with E-state index < -0.39 is 15.3 Å². The maximum atomic E-state index is 11.3. The van der Waals surface area contributed by atoms with E-state index in [0.717, 1.165) is 0 Å². The highest BCUT2D eigenvalue weighted by molar-refractivity contribution is 7.90. The van der Waals surface area contributed by atoms with Crippen LogP contribution >= 0.6 is 0 Å². The quantitative estimate of drug-likeness (QED) is 0.801. The highest BCUT2D eigenvalue weighted by Crippen LogP contribution is 2.03. The van der Waals surface area contributed by atoms with Gasteiger partial charge in [0.1, 0.15) is 5.76 Å². The summed E-state index contributed by atoms with van der Waals surface area (Å²) in [7, 11) is -3.59. The Morgan fingerprint density at radius 1 is 1.73 bits per heavy atom. The third kappa shape index (κ3) is 3.04. The van der Waals surface area contributed by atoms with Gasteiger partial charge in [-0.2, -0.15) is 5.26 Å². The number of nitriles is 1. The first-order valence-corrected chi connectivity index (χ1v) is 5.80. The summed E-state index contributed by atoms with van der Waals surface area (Å²) >= 11 is 0. The average Bonchev–Trinajstić information content (AvgIpc) is 2.60. The number of aromatic nitrogens is 1. The molecule has 0 fully saturated rings. The van der Waals surface area contributed by atoms with Gasteiger partial charge in [0.2, 0.25) is 10.0 Å². The van der Waals surface area contributed by atoms with E-state index in [-0.39, 0.29) is 6.54 Å². The number of hydrogen-bond acceptors (Lipinski definition) is 5. The second kappa shape index (κ2) is 4.42. The molecular weight excluding hydrogens is 218 g/mol. The molecule has 0 amide bonds. The summed E-state index contributed by atoms with van der Waals surface area (Å²) in [6.45, 7) is 3.06. The van der Waals surface area contributed by atoms with Crippen molar-refractivity contribution in [2.45, 2.75) is 25.6 Å². The third-order valence-electron chi connectivity index (χ3n) is 1.78. The van der Waals surface area contributed by atoms with E-state index in [1.54, 1.807) is 19.1 Å². The summed E-state index contributed by atoms with van der Waals surface area (Å²) in [5.41, 5.74) is 0.487. The third-order valence-corrected chi connectivity index (χ3v) is 3.36. The van der Waals surface area contributed by atoms with E-state index in [9.17, 15) is 8.42 Å². The van der Waals surface area contributed by atoms with Gasteiger partial charge in [-0.05, 0) is 13.8 Å². The minimum absolute atomic E-state index is 0.0334. The molecule has 15 heavy (non-hydrogen) atoms. The molecule has 1 aromatic heterocycles. The van der Waals surface area contributed by atoms with Crippen LogP contribution in [0.2, 0.25) is 0 Å². The van der Waals surface area contributed by atoms with E-state index in [0.29, 0.717) is 11.5 Å². The van der Waals surface area contributed by atoms with Crippen LogP contribution in [0.5, 0.6) is 0 Å². The Hall–Kier alpha value is -1.39. The number of aryl methyl sites for hydroxylation is 1. The van der Waals surface area contributed by atoms with Crippen molar-refractivity contribution in [2.24, 2.45) is 0 Å². The van der Waals surface area contributed by atoms with Crippen molar-refractivity contribution in [2.75, 3.05) is 0 Å². The first-order valence-electron chi connectivity index (χ1n) is 4.26. The Kier molecular flexibility index (Phi) is 3.44. The van der Waals surface area contributed by atoms with Crippen LogP contribution < -0.4 is 4.72 Å². The van der Waals surface area contributed by atoms with E-state index >= 15 is 0 Å². The van der Waals surface area contributed by atoms with Crippen LogP contribution in [0.4, 0.5) is 0 Å². The smallest absolute Gasteiger partial charge is 0.228 e. The number of nitrogens with one attached hydrogen (secondary N) is 1. The van der Waals surface area contributed by atoms with Gasteiger partial charge in [-0.3, -0.25) is 0 Å². The molecule has 1 atom stereocenters. The fraction of sp³-hybridized carbons (Fsp3) is 0.500. The average molecular weight is 229 g/mol. The zero-order valence-corrected chi connectivity index (χ0v) is 9.21. The maximum absolute atomic E-state index is 11.3. The van der Waals surface area contributed by atoms with Crippen molar-refractivity contribution in [1.82, 2.24) is 9.88 Å². The summed E-state index contributed by atoms with van der Waals surface area (Å²) in [6, 6.07) is 3.28. The van der Waals surface area contributed by atoms with E-state index in [4.69, 9.17) is 9.78 Å². The molecular formula is C8H11N3O3S. The molecule has 1 heterocycles. The fourth-order valence-corrected chi connectivity index (χ4v) is 1.61. The van der Waals surface area contributed by atoms with Gasteiger partial charge >= 0.3 is 0 Å². The molecule has 0 aliphatic carbocycles. The van der Waals surface area contributed by atoms with Crippen LogP contribution in [-0.4, -0.2) is 18.8 Å². The number of rotatable bonds is 4. The van der Waals surface area contributed by atoms with Crippen LogP contribution in [0.25, 0.3) is 0 Å². The molecule has 0 saturated carbocycles. The van der Waals surface area contributed by atoms with Crippen molar-refractivity contribution < 1.29 is 12.9 Å². The maximum Gasteiger partial charge on any atom is 0.228 e. The molecule has 7 heteroatoms. The summed E-state index contributed by atoms with van der Waals surface area (Å²) in [6.07, 6.45) is 0.